The van der Waals surface area contributed by atoms with Crippen molar-refractivity contribution in [3.63, 3.8) is 0 Å². The minimum Gasteiger partial charge on any atom is -0.467 e. The van der Waals surface area contributed by atoms with Crippen molar-refractivity contribution in [3.8, 4) is 0 Å². The van der Waals surface area contributed by atoms with Crippen molar-refractivity contribution >= 4 is 11.9 Å². The zero-order chi connectivity index (χ0) is 12.8. The SMILES string of the molecule is COC(=O)[C@H](NC(=O)Cc1nn[nH]n1)C(C)C. The van der Waals surface area contributed by atoms with E-state index < -0.39 is 12.0 Å². The van der Waals surface area contributed by atoms with Crippen LogP contribution in [0.25, 0.3) is 0 Å². The van der Waals surface area contributed by atoms with Gasteiger partial charge in [-0.15, -0.1) is 10.2 Å². The minimum absolute atomic E-state index is 0.0310. The number of methoxy groups -OCH3 is 1. The molecule has 2 N–H and O–H groups in total. The number of aromatic amines is 1. The Morgan fingerprint density at radius 1 is 1.47 bits per heavy atom. The predicted octanol–water partition coefficient (Wildman–Crippen LogP) is -0.944. The fourth-order valence-corrected chi connectivity index (χ4v) is 1.25. The van der Waals surface area contributed by atoms with Gasteiger partial charge in [0.05, 0.1) is 13.5 Å². The van der Waals surface area contributed by atoms with Gasteiger partial charge in [0.1, 0.15) is 6.04 Å². The summed E-state index contributed by atoms with van der Waals surface area (Å²) in [7, 11) is 1.28. The molecule has 0 saturated heterocycles. The number of hydrogen-bond donors (Lipinski definition) is 2. The van der Waals surface area contributed by atoms with Crippen molar-refractivity contribution in [2.24, 2.45) is 5.92 Å². The molecule has 1 aromatic rings. The van der Waals surface area contributed by atoms with Crippen molar-refractivity contribution in [1.29, 1.82) is 0 Å². The molecule has 8 heteroatoms. The van der Waals surface area contributed by atoms with Gasteiger partial charge in [0.2, 0.25) is 5.91 Å². The molecule has 0 aliphatic carbocycles. The number of nitrogens with one attached hydrogen (secondary N) is 2. The number of carbonyl (C=O) groups is 2. The molecule has 1 amide bonds. The summed E-state index contributed by atoms with van der Waals surface area (Å²) in [6, 6.07) is -0.667. The molecule has 0 radical (unpaired) electrons. The van der Waals surface area contributed by atoms with Crippen LogP contribution < -0.4 is 5.32 Å². The number of H-pyrrole nitrogens is 1. The summed E-state index contributed by atoms with van der Waals surface area (Å²) >= 11 is 0. The predicted molar refractivity (Wildman–Crippen MR) is 56.7 cm³/mol. The van der Waals surface area contributed by atoms with E-state index in [1.54, 1.807) is 0 Å². The highest BCUT2D eigenvalue weighted by Gasteiger charge is 2.25. The highest BCUT2D eigenvalue weighted by atomic mass is 16.5. The van der Waals surface area contributed by atoms with Crippen LogP contribution in [0.15, 0.2) is 0 Å². The minimum atomic E-state index is -0.667. The number of tetrazole rings is 1. The van der Waals surface area contributed by atoms with Gasteiger partial charge in [-0.05, 0) is 5.92 Å². The van der Waals surface area contributed by atoms with Crippen LogP contribution in [0.4, 0.5) is 0 Å². The molecule has 94 valence electrons. The van der Waals surface area contributed by atoms with Crippen LogP contribution in [-0.4, -0.2) is 45.7 Å². The normalized spacial score (nSPS) is 12.2. The highest BCUT2D eigenvalue weighted by molar-refractivity contribution is 5.85. The number of hydrogen-bond acceptors (Lipinski definition) is 6. The molecule has 0 aliphatic rings. The largest absolute Gasteiger partial charge is 0.467 e. The lowest BCUT2D eigenvalue weighted by molar-refractivity contribution is -0.146. The van der Waals surface area contributed by atoms with E-state index in [0.717, 1.165) is 0 Å². The third-order valence-electron chi connectivity index (χ3n) is 2.15. The molecule has 8 nitrogen and oxygen atoms in total. The molecule has 1 heterocycles. The molecule has 0 fully saturated rings. The number of ether oxygens (including phenoxy) is 1. The Bertz CT molecular complexity index is 376. The second-order valence-electron chi connectivity index (χ2n) is 3.82. The van der Waals surface area contributed by atoms with Crippen molar-refractivity contribution < 1.29 is 14.3 Å². The standard InChI is InChI=1S/C9H15N5O3/c1-5(2)8(9(16)17-3)10-7(15)4-6-11-13-14-12-6/h5,8H,4H2,1-3H3,(H,10,15)(H,11,12,13,14)/t8-/m1/s1. The van der Waals surface area contributed by atoms with E-state index in [4.69, 9.17) is 0 Å². The van der Waals surface area contributed by atoms with Gasteiger partial charge in [0.15, 0.2) is 5.82 Å². The molecule has 0 unspecified atom stereocenters. The number of rotatable bonds is 5. The van der Waals surface area contributed by atoms with Crippen LogP contribution in [-0.2, 0) is 20.7 Å². The van der Waals surface area contributed by atoms with E-state index in [1.807, 2.05) is 13.8 Å². The van der Waals surface area contributed by atoms with Crippen molar-refractivity contribution in [2.45, 2.75) is 26.3 Å². The number of amides is 1. The van der Waals surface area contributed by atoms with Gasteiger partial charge >= 0.3 is 5.97 Å². The summed E-state index contributed by atoms with van der Waals surface area (Å²) in [5.74, 6) is -0.608. The highest BCUT2D eigenvalue weighted by Crippen LogP contribution is 2.03. The van der Waals surface area contributed by atoms with E-state index >= 15 is 0 Å². The second-order valence-corrected chi connectivity index (χ2v) is 3.82. The number of carbonyl (C=O) groups excluding carboxylic acids is 2. The zero-order valence-electron chi connectivity index (χ0n) is 9.93. The lowest BCUT2D eigenvalue weighted by Crippen LogP contribution is -2.45. The van der Waals surface area contributed by atoms with Crippen LogP contribution in [0.5, 0.6) is 0 Å². The van der Waals surface area contributed by atoms with Gasteiger partial charge in [-0.25, -0.2) is 4.79 Å². The van der Waals surface area contributed by atoms with E-state index in [2.05, 4.69) is 30.7 Å². The fraction of sp³-hybridized carbons (Fsp3) is 0.667. The molecule has 0 bridgehead atoms. The van der Waals surface area contributed by atoms with Gasteiger partial charge in [-0.2, -0.15) is 5.21 Å². The van der Waals surface area contributed by atoms with Crippen LogP contribution in [0.1, 0.15) is 19.7 Å². The molecule has 0 aliphatic heterocycles. The molecule has 0 saturated carbocycles. The first-order chi connectivity index (χ1) is 8.04. The molecule has 0 spiro atoms. The molecule has 0 aromatic carbocycles. The molecule has 1 aromatic heterocycles. The summed E-state index contributed by atoms with van der Waals surface area (Å²) in [6.07, 6.45) is -0.0310. The van der Waals surface area contributed by atoms with Gasteiger partial charge in [-0.1, -0.05) is 19.1 Å². The summed E-state index contributed by atoms with van der Waals surface area (Å²) < 4.78 is 4.61. The lowest BCUT2D eigenvalue weighted by Gasteiger charge is -2.19. The quantitative estimate of drug-likeness (QED) is 0.643. The maximum absolute atomic E-state index is 11.6. The fourth-order valence-electron chi connectivity index (χ4n) is 1.25. The monoisotopic (exact) mass is 241 g/mol. The van der Waals surface area contributed by atoms with E-state index in [1.165, 1.54) is 7.11 Å². The Labute approximate surface area is 98.1 Å². The summed E-state index contributed by atoms with van der Waals surface area (Å²) in [5, 5.41) is 15.4. The molecule has 1 atom stereocenters. The number of nitrogens with zero attached hydrogens (tertiary/aromatic N) is 3. The molecular weight excluding hydrogens is 226 g/mol. The van der Waals surface area contributed by atoms with Gasteiger partial charge in [0, 0.05) is 0 Å². The number of esters is 1. The topological polar surface area (TPSA) is 110 Å². The van der Waals surface area contributed by atoms with E-state index in [0.29, 0.717) is 0 Å². The lowest BCUT2D eigenvalue weighted by atomic mass is 10.0. The van der Waals surface area contributed by atoms with E-state index in [9.17, 15) is 9.59 Å². The summed E-state index contributed by atoms with van der Waals surface area (Å²) in [4.78, 5) is 23.0. The Morgan fingerprint density at radius 2 is 2.18 bits per heavy atom. The van der Waals surface area contributed by atoms with Gasteiger partial charge in [0.25, 0.3) is 0 Å². The summed E-state index contributed by atoms with van der Waals surface area (Å²) in [6.45, 7) is 3.63. The smallest absolute Gasteiger partial charge is 0.328 e. The molecule has 1 rings (SSSR count). The summed E-state index contributed by atoms with van der Waals surface area (Å²) in [5.41, 5.74) is 0. The average molecular weight is 241 g/mol. The first-order valence-electron chi connectivity index (χ1n) is 5.14. The second kappa shape index (κ2) is 5.92. The van der Waals surface area contributed by atoms with Gasteiger partial charge < -0.3 is 10.1 Å². The van der Waals surface area contributed by atoms with Gasteiger partial charge in [-0.3, -0.25) is 4.79 Å². The first kappa shape index (κ1) is 13.1. The van der Waals surface area contributed by atoms with Crippen LogP contribution in [0.3, 0.4) is 0 Å². The molecular formula is C9H15N5O3. The Morgan fingerprint density at radius 3 is 2.65 bits per heavy atom. The zero-order valence-corrected chi connectivity index (χ0v) is 9.93. The Kier molecular flexibility index (Phi) is 4.56. The Hall–Kier alpha value is -1.99. The van der Waals surface area contributed by atoms with Crippen LogP contribution in [0.2, 0.25) is 0 Å². The third-order valence-corrected chi connectivity index (χ3v) is 2.15. The maximum atomic E-state index is 11.6. The third kappa shape index (κ3) is 3.82. The first-order valence-corrected chi connectivity index (χ1v) is 5.14. The van der Waals surface area contributed by atoms with Crippen molar-refractivity contribution in [2.75, 3.05) is 7.11 Å². The molecule has 17 heavy (non-hydrogen) atoms. The van der Waals surface area contributed by atoms with E-state index in [-0.39, 0.29) is 24.1 Å². The Balaban J connectivity index is 2.55. The average Bonchev–Trinajstić information content (AvgIpc) is 2.77. The van der Waals surface area contributed by atoms with Crippen molar-refractivity contribution in [1.82, 2.24) is 25.9 Å². The van der Waals surface area contributed by atoms with Crippen LogP contribution >= 0.6 is 0 Å². The number of aromatic nitrogens is 4. The van der Waals surface area contributed by atoms with Crippen LogP contribution in [0, 0.1) is 5.92 Å². The maximum Gasteiger partial charge on any atom is 0.328 e. The van der Waals surface area contributed by atoms with Crippen molar-refractivity contribution in [3.05, 3.63) is 5.82 Å².